The van der Waals surface area contributed by atoms with Crippen LogP contribution in [0.1, 0.15) is 28.3 Å². The van der Waals surface area contributed by atoms with E-state index in [9.17, 15) is 8.42 Å². The zero-order valence-corrected chi connectivity index (χ0v) is 12.2. The molecule has 0 N–H and O–H groups in total. The molecule has 1 unspecified atom stereocenters. The Bertz CT molecular complexity index is 652. The molecule has 0 saturated carbocycles. The third-order valence-corrected chi connectivity index (χ3v) is 7.35. The first-order valence-electron chi connectivity index (χ1n) is 6.28. The molecule has 1 heterocycles. The Balaban J connectivity index is 1.88. The monoisotopic (exact) mass is 293 g/mol. The number of hydrogen-bond acceptors (Lipinski definition) is 4. The molecule has 0 fully saturated rings. The number of benzene rings is 1. The summed E-state index contributed by atoms with van der Waals surface area (Å²) >= 11 is 1.41. The number of sulfone groups is 1. The Kier molecular flexibility index (Phi) is 3.19. The topological polar surface area (TPSA) is 47.0 Å². The second-order valence-electron chi connectivity index (χ2n) is 4.90. The van der Waals surface area contributed by atoms with Crippen LogP contribution in [-0.2, 0) is 22.7 Å². The smallest absolute Gasteiger partial charge is 0.162 e. The number of thiazole rings is 1. The number of hydrogen-bond donors (Lipinski definition) is 0. The molecule has 3 nitrogen and oxygen atoms in total. The van der Waals surface area contributed by atoms with Crippen LogP contribution in [0, 0.1) is 0 Å². The van der Waals surface area contributed by atoms with E-state index in [0.717, 1.165) is 0 Å². The second kappa shape index (κ2) is 4.72. The highest BCUT2D eigenvalue weighted by atomic mass is 32.2. The fraction of sp³-hybridized carbons (Fsp3) is 0.357. The van der Waals surface area contributed by atoms with Gasteiger partial charge in [0.15, 0.2) is 9.84 Å². The van der Waals surface area contributed by atoms with Gasteiger partial charge in [-0.25, -0.2) is 13.4 Å². The van der Waals surface area contributed by atoms with Gasteiger partial charge in [-0.2, -0.15) is 0 Å². The van der Waals surface area contributed by atoms with Gasteiger partial charge in [0.25, 0.3) is 0 Å². The average Bonchev–Trinajstić information content (AvgIpc) is 3.06. The molecule has 19 heavy (non-hydrogen) atoms. The summed E-state index contributed by atoms with van der Waals surface area (Å²) < 4.78 is 25.3. The third kappa shape index (κ3) is 2.21. The summed E-state index contributed by atoms with van der Waals surface area (Å²) in [6.45, 7) is 1.75. The molecule has 5 heteroatoms. The van der Waals surface area contributed by atoms with Crippen molar-refractivity contribution in [2.75, 3.05) is 0 Å². The van der Waals surface area contributed by atoms with Gasteiger partial charge in [-0.3, -0.25) is 0 Å². The van der Waals surface area contributed by atoms with E-state index in [1.807, 2.05) is 29.6 Å². The van der Waals surface area contributed by atoms with Crippen LogP contribution in [-0.4, -0.2) is 18.7 Å². The van der Waals surface area contributed by atoms with Crippen LogP contribution in [0.2, 0.25) is 0 Å². The standard InChI is InChI=1S/C14H15NO2S2/c1-10(14-15-6-7-18-14)19(16,17)13-8-11-4-2-3-5-12(11)9-13/h2-7,10,13H,8-9H2,1H3. The summed E-state index contributed by atoms with van der Waals surface area (Å²) in [5.41, 5.74) is 2.34. The highest BCUT2D eigenvalue weighted by molar-refractivity contribution is 7.92. The quantitative estimate of drug-likeness (QED) is 0.874. The molecule has 100 valence electrons. The summed E-state index contributed by atoms with van der Waals surface area (Å²) in [5.74, 6) is 0. The minimum Gasteiger partial charge on any atom is -0.248 e. The highest BCUT2D eigenvalue weighted by Crippen LogP contribution is 2.34. The van der Waals surface area contributed by atoms with Crippen LogP contribution in [0.5, 0.6) is 0 Å². The summed E-state index contributed by atoms with van der Waals surface area (Å²) in [6.07, 6.45) is 2.93. The van der Waals surface area contributed by atoms with E-state index in [0.29, 0.717) is 17.8 Å². The zero-order chi connectivity index (χ0) is 13.5. The fourth-order valence-electron chi connectivity index (χ4n) is 2.62. The molecule has 0 spiro atoms. The fourth-order valence-corrected chi connectivity index (χ4v) is 5.50. The molecule has 3 rings (SSSR count). The lowest BCUT2D eigenvalue weighted by Gasteiger charge is -2.16. The van der Waals surface area contributed by atoms with Gasteiger partial charge in [0.05, 0.1) is 5.25 Å². The Labute approximate surface area is 117 Å². The molecular weight excluding hydrogens is 278 g/mol. The Morgan fingerprint density at radius 3 is 2.42 bits per heavy atom. The molecular formula is C14H15NO2S2. The van der Waals surface area contributed by atoms with Gasteiger partial charge in [0.2, 0.25) is 0 Å². The second-order valence-corrected chi connectivity index (χ2v) is 8.38. The van der Waals surface area contributed by atoms with Gasteiger partial charge in [0.1, 0.15) is 10.3 Å². The van der Waals surface area contributed by atoms with Crippen molar-refractivity contribution in [1.82, 2.24) is 4.98 Å². The van der Waals surface area contributed by atoms with Crippen LogP contribution >= 0.6 is 11.3 Å². The van der Waals surface area contributed by atoms with Gasteiger partial charge >= 0.3 is 0 Å². The Hall–Kier alpha value is -1.20. The Morgan fingerprint density at radius 2 is 1.89 bits per heavy atom. The minimum atomic E-state index is -3.18. The molecule has 1 aliphatic rings. The van der Waals surface area contributed by atoms with Crippen molar-refractivity contribution in [2.45, 2.75) is 30.3 Å². The van der Waals surface area contributed by atoms with Gasteiger partial charge < -0.3 is 0 Å². The van der Waals surface area contributed by atoms with E-state index in [1.165, 1.54) is 22.5 Å². The van der Waals surface area contributed by atoms with Crippen molar-refractivity contribution in [3.63, 3.8) is 0 Å². The largest absolute Gasteiger partial charge is 0.248 e. The molecule has 0 bridgehead atoms. The maximum Gasteiger partial charge on any atom is 0.162 e. The first kappa shape index (κ1) is 12.8. The maximum absolute atomic E-state index is 12.7. The number of nitrogens with zero attached hydrogens (tertiary/aromatic N) is 1. The van der Waals surface area contributed by atoms with Crippen molar-refractivity contribution < 1.29 is 8.42 Å². The molecule has 0 aliphatic heterocycles. The molecule has 1 aromatic heterocycles. The molecule has 1 aliphatic carbocycles. The predicted molar refractivity (Wildman–Crippen MR) is 77.1 cm³/mol. The predicted octanol–water partition coefficient (Wildman–Crippen LogP) is 2.79. The molecule has 1 atom stereocenters. The molecule has 0 radical (unpaired) electrons. The number of aromatic nitrogens is 1. The van der Waals surface area contributed by atoms with Crippen LogP contribution in [0.3, 0.4) is 0 Å². The number of rotatable bonds is 3. The summed E-state index contributed by atoms with van der Waals surface area (Å²) in [7, 11) is -3.18. The van der Waals surface area contributed by atoms with E-state index in [2.05, 4.69) is 4.98 Å². The highest BCUT2D eigenvalue weighted by Gasteiger charge is 2.37. The lowest BCUT2D eigenvalue weighted by atomic mass is 10.1. The van der Waals surface area contributed by atoms with Gasteiger partial charge in [-0.1, -0.05) is 24.3 Å². The van der Waals surface area contributed by atoms with Crippen molar-refractivity contribution in [2.24, 2.45) is 0 Å². The average molecular weight is 293 g/mol. The SMILES string of the molecule is CC(c1nccs1)S(=O)(=O)C1Cc2ccccc2C1. The lowest BCUT2D eigenvalue weighted by molar-refractivity contribution is 0.570. The van der Waals surface area contributed by atoms with Crippen molar-refractivity contribution >= 4 is 21.2 Å². The van der Waals surface area contributed by atoms with Crippen LogP contribution in [0.4, 0.5) is 0 Å². The van der Waals surface area contributed by atoms with Crippen LogP contribution in [0.25, 0.3) is 0 Å². The van der Waals surface area contributed by atoms with E-state index < -0.39 is 15.1 Å². The molecule has 0 amide bonds. The first-order valence-corrected chi connectivity index (χ1v) is 8.77. The van der Waals surface area contributed by atoms with Crippen LogP contribution < -0.4 is 0 Å². The van der Waals surface area contributed by atoms with E-state index >= 15 is 0 Å². The van der Waals surface area contributed by atoms with E-state index in [1.54, 1.807) is 13.1 Å². The van der Waals surface area contributed by atoms with Gasteiger partial charge in [-0.05, 0) is 30.9 Å². The van der Waals surface area contributed by atoms with E-state index in [4.69, 9.17) is 0 Å². The Morgan fingerprint density at radius 1 is 1.26 bits per heavy atom. The molecule has 1 aromatic carbocycles. The molecule has 2 aromatic rings. The normalized spacial score (nSPS) is 17.3. The van der Waals surface area contributed by atoms with E-state index in [-0.39, 0.29) is 5.25 Å². The lowest BCUT2D eigenvalue weighted by Crippen LogP contribution is -2.26. The first-order chi connectivity index (χ1) is 9.09. The molecule has 0 saturated heterocycles. The third-order valence-electron chi connectivity index (χ3n) is 3.77. The van der Waals surface area contributed by atoms with Gasteiger partial charge in [0, 0.05) is 11.6 Å². The summed E-state index contributed by atoms with van der Waals surface area (Å²) in [4.78, 5) is 4.14. The van der Waals surface area contributed by atoms with Crippen molar-refractivity contribution in [3.8, 4) is 0 Å². The summed E-state index contributed by atoms with van der Waals surface area (Å²) in [5, 5.41) is 1.71. The minimum absolute atomic E-state index is 0.302. The van der Waals surface area contributed by atoms with Crippen molar-refractivity contribution in [1.29, 1.82) is 0 Å². The van der Waals surface area contributed by atoms with Crippen molar-refractivity contribution in [3.05, 3.63) is 52.0 Å². The zero-order valence-electron chi connectivity index (χ0n) is 10.6. The van der Waals surface area contributed by atoms with Crippen LogP contribution in [0.15, 0.2) is 35.8 Å². The number of fused-ring (bicyclic) bond motifs is 1. The maximum atomic E-state index is 12.7. The van der Waals surface area contributed by atoms with Gasteiger partial charge in [-0.15, -0.1) is 11.3 Å². The summed E-state index contributed by atoms with van der Waals surface area (Å²) in [6, 6.07) is 7.99.